The van der Waals surface area contributed by atoms with E-state index in [4.69, 9.17) is 17.3 Å². The third-order valence-corrected chi connectivity index (χ3v) is 6.15. The number of benzene rings is 1. The average molecular weight is 448 g/mol. The predicted octanol–water partition coefficient (Wildman–Crippen LogP) is 3.74. The van der Waals surface area contributed by atoms with Crippen LogP contribution in [-0.2, 0) is 11.2 Å². The summed E-state index contributed by atoms with van der Waals surface area (Å²) in [6, 6.07) is 13.2. The summed E-state index contributed by atoms with van der Waals surface area (Å²) in [5.74, 6) is -1.04. The Kier molecular flexibility index (Phi) is 5.97. The maximum absolute atomic E-state index is 13.1. The number of aryl methyl sites for hydroxylation is 1. The quantitative estimate of drug-likeness (QED) is 0.690. The average Bonchev–Trinajstić information content (AvgIpc) is 2.81. The number of rotatable bonds is 4. The molecule has 7 nitrogen and oxygen atoms in total. The van der Waals surface area contributed by atoms with Gasteiger partial charge in [-0.05, 0) is 42.5 Å². The fraction of sp³-hybridized carbons (Fsp3) is 0.250. The Morgan fingerprint density at radius 1 is 1.31 bits per heavy atom. The zero-order valence-electron chi connectivity index (χ0n) is 17.6. The summed E-state index contributed by atoms with van der Waals surface area (Å²) in [5, 5.41) is 11.4. The first kappa shape index (κ1) is 21.6. The lowest BCUT2D eigenvalue weighted by Crippen LogP contribution is -2.48. The Balaban J connectivity index is 1.81. The molecule has 4 rings (SSSR count). The first-order valence-corrected chi connectivity index (χ1v) is 10.8. The van der Waals surface area contributed by atoms with Crippen LogP contribution < -0.4 is 11.2 Å². The van der Waals surface area contributed by atoms with Crippen molar-refractivity contribution < 1.29 is 9.59 Å². The van der Waals surface area contributed by atoms with E-state index in [0.29, 0.717) is 30.5 Å². The van der Waals surface area contributed by atoms with Crippen molar-refractivity contribution in [2.24, 2.45) is 5.73 Å². The third-order valence-electron chi connectivity index (χ3n) is 5.85. The minimum atomic E-state index is -0.566. The van der Waals surface area contributed by atoms with Crippen LogP contribution in [-0.4, -0.2) is 21.7 Å². The minimum absolute atomic E-state index is 0.0465. The zero-order valence-corrected chi connectivity index (χ0v) is 18.3. The number of carbonyl (C=O) groups excluding carboxylic acids is 2. The minimum Gasteiger partial charge on any atom is -0.383 e. The van der Waals surface area contributed by atoms with E-state index in [1.165, 1.54) is 11.2 Å². The van der Waals surface area contributed by atoms with E-state index in [0.717, 1.165) is 17.5 Å². The van der Waals surface area contributed by atoms with Crippen molar-refractivity contribution >= 4 is 23.3 Å². The SMILES string of the molecule is CCc1ccc(C2C(C#N)=C(N)N(NC(=O)c3cccnc3Cl)C3=C2C(=O)CCC3)cc1. The summed E-state index contributed by atoms with van der Waals surface area (Å²) >= 11 is 6.07. The summed E-state index contributed by atoms with van der Waals surface area (Å²) in [7, 11) is 0. The molecule has 2 heterocycles. The number of nitrogens with one attached hydrogen (secondary N) is 1. The molecule has 0 saturated carbocycles. The first-order chi connectivity index (χ1) is 15.5. The van der Waals surface area contributed by atoms with Gasteiger partial charge in [-0.3, -0.25) is 15.0 Å². The maximum atomic E-state index is 13.1. The van der Waals surface area contributed by atoms with Crippen molar-refractivity contribution in [1.82, 2.24) is 15.4 Å². The largest absolute Gasteiger partial charge is 0.383 e. The molecule has 0 saturated heterocycles. The van der Waals surface area contributed by atoms with Crippen molar-refractivity contribution in [2.75, 3.05) is 0 Å². The van der Waals surface area contributed by atoms with Crippen LogP contribution >= 0.6 is 11.6 Å². The first-order valence-electron chi connectivity index (χ1n) is 10.4. The van der Waals surface area contributed by atoms with Crippen molar-refractivity contribution in [3.8, 4) is 6.07 Å². The van der Waals surface area contributed by atoms with Gasteiger partial charge in [0.05, 0.1) is 23.1 Å². The van der Waals surface area contributed by atoms with Gasteiger partial charge in [-0.2, -0.15) is 5.26 Å². The number of ketones is 1. The smallest absolute Gasteiger partial charge is 0.273 e. The molecule has 1 aliphatic heterocycles. The van der Waals surface area contributed by atoms with Crippen LogP contribution in [0.5, 0.6) is 0 Å². The highest BCUT2D eigenvalue weighted by Gasteiger charge is 2.40. The van der Waals surface area contributed by atoms with Gasteiger partial charge in [0.2, 0.25) is 0 Å². The van der Waals surface area contributed by atoms with E-state index < -0.39 is 11.8 Å². The molecule has 8 heteroatoms. The molecule has 162 valence electrons. The highest BCUT2D eigenvalue weighted by Crippen LogP contribution is 2.44. The van der Waals surface area contributed by atoms with Crippen LogP contribution in [0.4, 0.5) is 0 Å². The number of nitrogens with zero attached hydrogens (tertiary/aromatic N) is 3. The number of hydrogen-bond acceptors (Lipinski definition) is 6. The highest BCUT2D eigenvalue weighted by molar-refractivity contribution is 6.32. The Labute approximate surface area is 191 Å². The van der Waals surface area contributed by atoms with Crippen LogP contribution in [0.1, 0.15) is 53.6 Å². The number of pyridine rings is 1. The second kappa shape index (κ2) is 8.85. The molecule has 1 amide bonds. The Morgan fingerprint density at radius 2 is 2.06 bits per heavy atom. The molecule has 2 aliphatic rings. The zero-order chi connectivity index (χ0) is 22.8. The standard InChI is InChI=1S/C24H22ClN5O2/c1-2-14-8-10-15(11-9-14)20-17(13-26)23(27)30(18-6-3-7-19(31)21(18)20)29-24(32)16-5-4-12-28-22(16)25/h4-5,8-12,20H,2-3,6-7,27H2,1H3,(H,29,32). The normalized spacial score (nSPS) is 18.3. The monoisotopic (exact) mass is 447 g/mol. The maximum Gasteiger partial charge on any atom is 0.273 e. The van der Waals surface area contributed by atoms with Crippen molar-refractivity contribution in [3.63, 3.8) is 0 Å². The number of aromatic nitrogens is 1. The second-order valence-electron chi connectivity index (χ2n) is 7.69. The molecule has 1 unspecified atom stereocenters. The predicted molar refractivity (Wildman–Crippen MR) is 120 cm³/mol. The van der Waals surface area contributed by atoms with E-state index in [1.54, 1.807) is 12.1 Å². The van der Waals surface area contributed by atoms with Gasteiger partial charge in [-0.15, -0.1) is 0 Å². The summed E-state index contributed by atoms with van der Waals surface area (Å²) in [5.41, 5.74) is 12.6. The molecule has 1 aliphatic carbocycles. The van der Waals surface area contributed by atoms with Crippen LogP contribution in [0, 0.1) is 11.3 Å². The van der Waals surface area contributed by atoms with Crippen molar-refractivity contribution in [1.29, 1.82) is 5.26 Å². The molecule has 32 heavy (non-hydrogen) atoms. The van der Waals surface area contributed by atoms with Crippen molar-refractivity contribution in [2.45, 2.75) is 38.5 Å². The second-order valence-corrected chi connectivity index (χ2v) is 8.05. The molecule has 1 aromatic heterocycles. The Hall–Kier alpha value is -3.63. The van der Waals surface area contributed by atoms with Gasteiger partial charge >= 0.3 is 0 Å². The van der Waals surface area contributed by atoms with Crippen molar-refractivity contribution in [3.05, 3.63) is 87.1 Å². The molecule has 2 aromatic rings. The summed E-state index contributed by atoms with van der Waals surface area (Å²) in [6.07, 6.45) is 3.94. The Bertz CT molecular complexity index is 1190. The molecule has 0 radical (unpaired) electrons. The molecule has 1 atom stereocenters. The molecule has 1 aromatic carbocycles. The lowest BCUT2D eigenvalue weighted by Gasteiger charge is -2.39. The number of halogens is 1. The highest BCUT2D eigenvalue weighted by atomic mass is 35.5. The molecule has 3 N–H and O–H groups in total. The lowest BCUT2D eigenvalue weighted by molar-refractivity contribution is -0.116. The van der Waals surface area contributed by atoms with Gasteiger partial charge in [0.15, 0.2) is 5.78 Å². The molecule has 0 spiro atoms. The van der Waals surface area contributed by atoms with Gasteiger partial charge in [0.1, 0.15) is 11.0 Å². The van der Waals surface area contributed by atoms with E-state index in [1.807, 2.05) is 24.3 Å². The fourth-order valence-corrected chi connectivity index (χ4v) is 4.42. The van der Waals surface area contributed by atoms with Gasteiger partial charge in [-0.25, -0.2) is 9.99 Å². The summed E-state index contributed by atoms with van der Waals surface area (Å²) in [4.78, 5) is 29.9. The summed E-state index contributed by atoms with van der Waals surface area (Å²) in [6.45, 7) is 2.06. The number of carbonyl (C=O) groups is 2. The van der Waals surface area contributed by atoms with Gasteiger partial charge in [0, 0.05) is 23.9 Å². The molecular weight excluding hydrogens is 426 g/mol. The van der Waals surface area contributed by atoms with Crippen LogP contribution in [0.3, 0.4) is 0 Å². The summed E-state index contributed by atoms with van der Waals surface area (Å²) < 4.78 is 0. The van der Waals surface area contributed by atoms with Gasteiger partial charge < -0.3 is 5.73 Å². The number of hydrazine groups is 1. The number of nitriles is 1. The number of nitrogens with two attached hydrogens (primary N) is 1. The fourth-order valence-electron chi connectivity index (χ4n) is 4.21. The van der Waals surface area contributed by atoms with E-state index in [9.17, 15) is 14.9 Å². The van der Waals surface area contributed by atoms with Crippen LogP contribution in [0.15, 0.2) is 65.3 Å². The number of Topliss-reactive ketones (excluding diaryl/α,β-unsaturated/α-hetero) is 1. The van der Waals surface area contributed by atoms with E-state index in [2.05, 4.69) is 23.4 Å². The lowest BCUT2D eigenvalue weighted by atomic mass is 9.76. The van der Waals surface area contributed by atoms with Gasteiger partial charge in [0.25, 0.3) is 5.91 Å². The van der Waals surface area contributed by atoms with Crippen LogP contribution in [0.25, 0.3) is 0 Å². The third kappa shape index (κ3) is 3.74. The van der Waals surface area contributed by atoms with Crippen LogP contribution in [0.2, 0.25) is 5.15 Å². The number of amides is 1. The number of allylic oxidation sites excluding steroid dienone is 3. The van der Waals surface area contributed by atoms with Gasteiger partial charge in [-0.1, -0.05) is 42.8 Å². The van der Waals surface area contributed by atoms with E-state index >= 15 is 0 Å². The molecule has 0 bridgehead atoms. The Morgan fingerprint density at radius 3 is 2.72 bits per heavy atom. The number of hydrogen-bond donors (Lipinski definition) is 2. The van der Waals surface area contributed by atoms with E-state index in [-0.39, 0.29) is 27.9 Å². The topological polar surface area (TPSA) is 112 Å². The molecular formula is C24H22ClN5O2. The molecule has 0 fully saturated rings.